The topological polar surface area (TPSA) is 98.7 Å². The van der Waals surface area contributed by atoms with Crippen molar-refractivity contribution in [3.05, 3.63) is 106 Å². The molecule has 0 aromatic heterocycles. The average molecular weight is 622 g/mol. The Bertz CT molecular complexity index is 1410. The van der Waals surface area contributed by atoms with Crippen molar-refractivity contribution in [1.29, 1.82) is 0 Å². The van der Waals surface area contributed by atoms with Gasteiger partial charge in [0.1, 0.15) is 11.6 Å². The van der Waals surface area contributed by atoms with Crippen LogP contribution in [0.4, 0.5) is 8.78 Å². The van der Waals surface area contributed by atoms with Gasteiger partial charge in [-0.1, -0.05) is 51.1 Å². The van der Waals surface area contributed by atoms with E-state index in [1.165, 1.54) is 6.07 Å². The largest absolute Gasteiger partial charge is 0.391 e. The van der Waals surface area contributed by atoms with Crippen LogP contribution in [-0.4, -0.2) is 59.5 Å². The number of halogens is 2. The highest BCUT2D eigenvalue weighted by Gasteiger charge is 2.27. The van der Waals surface area contributed by atoms with Crippen LogP contribution in [0.1, 0.15) is 77.4 Å². The molecule has 3 N–H and O–H groups in total. The van der Waals surface area contributed by atoms with Gasteiger partial charge < -0.3 is 20.6 Å². The Balaban J connectivity index is 1.77. The normalized spacial score (nSPS) is 13.0. The van der Waals surface area contributed by atoms with E-state index in [0.717, 1.165) is 36.6 Å². The molecular weight excluding hydrogens is 576 g/mol. The number of rotatable bonds is 16. The molecule has 0 heterocycles. The van der Waals surface area contributed by atoms with Crippen molar-refractivity contribution in [2.45, 2.75) is 71.9 Å². The molecule has 9 heteroatoms. The number of hydrogen-bond acceptors (Lipinski definition) is 4. The fraction of sp³-hybridized carbons (Fsp3) is 0.417. The summed E-state index contributed by atoms with van der Waals surface area (Å²) in [7, 11) is 0. The van der Waals surface area contributed by atoms with Crippen molar-refractivity contribution in [3.8, 4) is 0 Å². The predicted octanol–water partition coefficient (Wildman–Crippen LogP) is 5.62. The lowest BCUT2D eigenvalue weighted by Crippen LogP contribution is -2.46. The van der Waals surface area contributed by atoms with E-state index in [-0.39, 0.29) is 35.8 Å². The van der Waals surface area contributed by atoms with E-state index in [2.05, 4.69) is 10.6 Å². The zero-order valence-electron chi connectivity index (χ0n) is 26.6. The lowest BCUT2D eigenvalue weighted by atomic mass is 9.93. The van der Waals surface area contributed by atoms with Crippen LogP contribution in [0.3, 0.4) is 0 Å². The summed E-state index contributed by atoms with van der Waals surface area (Å²) in [4.78, 5) is 41.4. The third-order valence-corrected chi connectivity index (χ3v) is 7.62. The molecule has 3 amide bonds. The van der Waals surface area contributed by atoms with E-state index in [4.69, 9.17) is 0 Å². The summed E-state index contributed by atoms with van der Waals surface area (Å²) in [6, 6.07) is 16.7. The van der Waals surface area contributed by atoms with Crippen molar-refractivity contribution < 1.29 is 28.3 Å². The summed E-state index contributed by atoms with van der Waals surface area (Å²) in [5.74, 6) is -3.13. The SMILES string of the molecule is CCCN(CCC)C(=O)c1cc(C)cc(C(=O)N[C@@H](Cc2cc(F)cc(F)c2)[C@@H](O)C[C@@H](C)C(=O)NCCc2ccccc2)c1. The summed E-state index contributed by atoms with van der Waals surface area (Å²) in [6.07, 6.45) is 0.957. The summed E-state index contributed by atoms with van der Waals surface area (Å²) >= 11 is 0. The van der Waals surface area contributed by atoms with E-state index in [9.17, 15) is 28.3 Å². The molecule has 0 spiro atoms. The second-order valence-electron chi connectivity index (χ2n) is 11.7. The molecule has 0 aliphatic rings. The van der Waals surface area contributed by atoms with Crippen LogP contribution in [0, 0.1) is 24.5 Å². The van der Waals surface area contributed by atoms with Gasteiger partial charge in [0.05, 0.1) is 12.1 Å². The minimum Gasteiger partial charge on any atom is -0.391 e. The van der Waals surface area contributed by atoms with Gasteiger partial charge in [0, 0.05) is 42.7 Å². The number of amides is 3. The summed E-state index contributed by atoms with van der Waals surface area (Å²) < 4.78 is 28.0. The van der Waals surface area contributed by atoms with Gasteiger partial charge in [-0.25, -0.2) is 8.78 Å². The van der Waals surface area contributed by atoms with Gasteiger partial charge in [0.2, 0.25) is 5.91 Å². The lowest BCUT2D eigenvalue weighted by molar-refractivity contribution is -0.125. The summed E-state index contributed by atoms with van der Waals surface area (Å²) in [5, 5.41) is 17.0. The fourth-order valence-corrected chi connectivity index (χ4v) is 5.38. The third-order valence-electron chi connectivity index (χ3n) is 7.62. The molecule has 7 nitrogen and oxygen atoms in total. The zero-order chi connectivity index (χ0) is 32.9. The molecule has 0 aliphatic carbocycles. The second-order valence-corrected chi connectivity index (χ2v) is 11.7. The number of nitrogens with zero attached hydrogens (tertiary/aromatic N) is 1. The van der Waals surface area contributed by atoms with Crippen LogP contribution in [0.5, 0.6) is 0 Å². The fourth-order valence-electron chi connectivity index (χ4n) is 5.38. The molecule has 0 aliphatic heterocycles. The van der Waals surface area contributed by atoms with Crippen LogP contribution in [-0.2, 0) is 17.6 Å². The molecule has 0 fully saturated rings. The molecule has 3 aromatic rings. The second kappa shape index (κ2) is 17.4. The van der Waals surface area contributed by atoms with Crippen LogP contribution >= 0.6 is 0 Å². The number of hydrogen-bond donors (Lipinski definition) is 3. The highest BCUT2D eigenvalue weighted by molar-refractivity contribution is 6.00. The maximum absolute atomic E-state index is 14.0. The highest BCUT2D eigenvalue weighted by atomic mass is 19.1. The minimum atomic E-state index is -1.22. The third kappa shape index (κ3) is 11.1. The minimum absolute atomic E-state index is 0.000460. The van der Waals surface area contributed by atoms with E-state index in [1.807, 2.05) is 44.2 Å². The van der Waals surface area contributed by atoms with Gasteiger partial charge >= 0.3 is 0 Å². The molecule has 0 radical (unpaired) electrons. The van der Waals surface area contributed by atoms with Gasteiger partial charge in [-0.05, 0) is 86.1 Å². The molecular formula is C36H45F2N3O4. The standard InChI is InChI=1S/C36H45F2N3O4/c1-5-14-41(15-6-2)36(45)29-17-24(3)16-28(22-29)35(44)40-32(21-27-19-30(37)23-31(38)20-27)33(42)18-25(4)34(43)39-13-12-26-10-8-7-9-11-26/h7-11,16-17,19-20,22-23,25,32-33,42H,5-6,12-15,18,21H2,1-4H3,(H,39,43)(H,40,44)/t25-,32+,33+/m1/s1. The Morgan fingerprint density at radius 1 is 0.867 bits per heavy atom. The van der Waals surface area contributed by atoms with Gasteiger partial charge in [-0.2, -0.15) is 0 Å². The van der Waals surface area contributed by atoms with Crippen LogP contribution < -0.4 is 10.6 Å². The van der Waals surface area contributed by atoms with E-state index >= 15 is 0 Å². The van der Waals surface area contributed by atoms with Gasteiger partial charge in [-0.15, -0.1) is 0 Å². The highest BCUT2D eigenvalue weighted by Crippen LogP contribution is 2.18. The van der Waals surface area contributed by atoms with Crippen molar-refractivity contribution in [3.63, 3.8) is 0 Å². The zero-order valence-corrected chi connectivity index (χ0v) is 26.6. The number of nitrogens with one attached hydrogen (secondary N) is 2. The van der Waals surface area contributed by atoms with Crippen LogP contribution in [0.2, 0.25) is 0 Å². The number of aryl methyl sites for hydroxylation is 1. The number of carbonyl (C=O) groups is 3. The number of carbonyl (C=O) groups excluding carboxylic acids is 3. The van der Waals surface area contributed by atoms with Crippen molar-refractivity contribution >= 4 is 17.7 Å². The molecule has 3 aromatic carbocycles. The maximum Gasteiger partial charge on any atom is 0.253 e. The van der Waals surface area contributed by atoms with E-state index in [1.54, 1.807) is 30.9 Å². The maximum atomic E-state index is 14.0. The number of aliphatic hydroxyl groups is 1. The first-order valence-electron chi connectivity index (χ1n) is 15.7. The molecule has 3 rings (SSSR count). The van der Waals surface area contributed by atoms with Crippen molar-refractivity contribution in [1.82, 2.24) is 15.5 Å². The van der Waals surface area contributed by atoms with Gasteiger partial charge in [0.25, 0.3) is 11.8 Å². The number of aliphatic hydroxyl groups excluding tert-OH is 1. The summed E-state index contributed by atoms with van der Waals surface area (Å²) in [5.41, 5.74) is 2.64. The first-order valence-corrected chi connectivity index (χ1v) is 15.7. The van der Waals surface area contributed by atoms with Gasteiger partial charge in [-0.3, -0.25) is 14.4 Å². The molecule has 0 bridgehead atoms. The molecule has 0 saturated carbocycles. The molecule has 0 saturated heterocycles. The van der Waals surface area contributed by atoms with E-state index in [0.29, 0.717) is 37.2 Å². The predicted molar refractivity (Wildman–Crippen MR) is 172 cm³/mol. The van der Waals surface area contributed by atoms with Crippen LogP contribution in [0.15, 0.2) is 66.7 Å². The lowest BCUT2D eigenvalue weighted by Gasteiger charge is -2.27. The van der Waals surface area contributed by atoms with Gasteiger partial charge in [0.15, 0.2) is 0 Å². The Morgan fingerprint density at radius 3 is 2.11 bits per heavy atom. The first kappa shape index (κ1) is 35.4. The Labute approximate surface area is 265 Å². The quantitative estimate of drug-likeness (QED) is 0.193. The Kier molecular flexibility index (Phi) is 13.7. The van der Waals surface area contributed by atoms with Crippen LogP contribution in [0.25, 0.3) is 0 Å². The molecule has 0 unspecified atom stereocenters. The summed E-state index contributed by atoms with van der Waals surface area (Å²) in [6.45, 7) is 9.08. The molecule has 242 valence electrons. The smallest absolute Gasteiger partial charge is 0.253 e. The molecule has 3 atom stereocenters. The monoisotopic (exact) mass is 621 g/mol. The van der Waals surface area contributed by atoms with Crippen molar-refractivity contribution in [2.75, 3.05) is 19.6 Å². The Morgan fingerprint density at radius 2 is 1.49 bits per heavy atom. The average Bonchev–Trinajstić information content (AvgIpc) is 2.99. The van der Waals surface area contributed by atoms with E-state index < -0.39 is 35.6 Å². The number of benzene rings is 3. The Hall–Kier alpha value is -4.11. The van der Waals surface area contributed by atoms with Crippen molar-refractivity contribution in [2.24, 2.45) is 5.92 Å². The molecule has 45 heavy (non-hydrogen) atoms. The first-order chi connectivity index (χ1) is 21.5.